The Labute approximate surface area is 137 Å². The standard InChI is InChI=1S/C17H27BrN2O/c1-4-20-9-7-14(8-10-20)12-19-13(2)15-5-6-17(21-3)16(18)11-15/h5-6,11,13-14,19H,4,7-10,12H2,1-3H3. The molecule has 2 rings (SSSR count). The van der Waals surface area contributed by atoms with E-state index in [0.29, 0.717) is 6.04 Å². The van der Waals surface area contributed by atoms with Gasteiger partial charge in [0.2, 0.25) is 0 Å². The molecular formula is C17H27BrN2O. The summed E-state index contributed by atoms with van der Waals surface area (Å²) in [5.41, 5.74) is 1.30. The maximum atomic E-state index is 5.28. The van der Waals surface area contributed by atoms with Gasteiger partial charge in [0.05, 0.1) is 11.6 Å². The summed E-state index contributed by atoms with van der Waals surface area (Å²) in [7, 11) is 1.70. The number of rotatable bonds is 6. The largest absolute Gasteiger partial charge is 0.496 e. The topological polar surface area (TPSA) is 24.5 Å². The predicted octanol–water partition coefficient (Wildman–Crippen LogP) is 3.84. The first-order valence-electron chi connectivity index (χ1n) is 7.93. The minimum atomic E-state index is 0.372. The molecule has 1 heterocycles. The third-order valence-corrected chi connectivity index (χ3v) is 5.16. The maximum Gasteiger partial charge on any atom is 0.133 e. The number of hydrogen-bond acceptors (Lipinski definition) is 3. The van der Waals surface area contributed by atoms with Crippen molar-refractivity contribution in [1.82, 2.24) is 10.2 Å². The Bertz CT molecular complexity index is 444. The molecule has 21 heavy (non-hydrogen) atoms. The van der Waals surface area contributed by atoms with Crippen LogP contribution in [0.25, 0.3) is 0 Å². The molecule has 0 saturated carbocycles. The summed E-state index contributed by atoms with van der Waals surface area (Å²) >= 11 is 3.56. The zero-order chi connectivity index (χ0) is 15.2. The fraction of sp³-hybridized carbons (Fsp3) is 0.647. The Balaban J connectivity index is 1.82. The Morgan fingerprint density at radius 2 is 2.10 bits per heavy atom. The average Bonchev–Trinajstić information content (AvgIpc) is 2.53. The van der Waals surface area contributed by atoms with Gasteiger partial charge in [0.25, 0.3) is 0 Å². The molecule has 1 saturated heterocycles. The van der Waals surface area contributed by atoms with E-state index < -0.39 is 0 Å². The van der Waals surface area contributed by atoms with Crippen molar-refractivity contribution in [1.29, 1.82) is 0 Å². The van der Waals surface area contributed by atoms with E-state index in [9.17, 15) is 0 Å². The van der Waals surface area contributed by atoms with Crippen molar-refractivity contribution in [3.63, 3.8) is 0 Å². The fourth-order valence-corrected chi connectivity index (χ4v) is 3.48. The van der Waals surface area contributed by atoms with Crippen LogP contribution in [-0.4, -0.2) is 38.2 Å². The number of piperidine rings is 1. The lowest BCUT2D eigenvalue weighted by molar-refractivity contribution is 0.188. The molecule has 0 amide bonds. The molecule has 1 fully saturated rings. The Hall–Kier alpha value is -0.580. The first-order chi connectivity index (χ1) is 10.1. The third kappa shape index (κ3) is 4.70. The van der Waals surface area contributed by atoms with Crippen LogP contribution in [0.4, 0.5) is 0 Å². The van der Waals surface area contributed by atoms with Gasteiger partial charge in [-0.1, -0.05) is 13.0 Å². The van der Waals surface area contributed by atoms with Gasteiger partial charge in [-0.25, -0.2) is 0 Å². The summed E-state index contributed by atoms with van der Waals surface area (Å²) in [6.45, 7) is 9.30. The molecule has 1 unspecified atom stereocenters. The minimum absolute atomic E-state index is 0.372. The van der Waals surface area contributed by atoms with E-state index in [2.05, 4.69) is 52.1 Å². The van der Waals surface area contributed by atoms with E-state index in [1.807, 2.05) is 6.07 Å². The van der Waals surface area contributed by atoms with Crippen LogP contribution in [0, 0.1) is 5.92 Å². The zero-order valence-electron chi connectivity index (χ0n) is 13.4. The zero-order valence-corrected chi connectivity index (χ0v) is 14.9. The summed E-state index contributed by atoms with van der Waals surface area (Å²) in [5.74, 6) is 1.70. The van der Waals surface area contributed by atoms with Gasteiger partial charge in [-0.3, -0.25) is 0 Å². The molecule has 1 aromatic carbocycles. The van der Waals surface area contributed by atoms with Crippen LogP contribution in [0.2, 0.25) is 0 Å². The van der Waals surface area contributed by atoms with Crippen LogP contribution >= 0.6 is 15.9 Å². The quantitative estimate of drug-likeness (QED) is 0.839. The lowest BCUT2D eigenvalue weighted by Crippen LogP contribution is -2.37. The average molecular weight is 355 g/mol. The highest BCUT2D eigenvalue weighted by molar-refractivity contribution is 9.10. The summed E-state index contributed by atoms with van der Waals surface area (Å²) in [6, 6.07) is 6.69. The van der Waals surface area contributed by atoms with Crippen molar-refractivity contribution in [2.45, 2.75) is 32.7 Å². The van der Waals surface area contributed by atoms with Gasteiger partial charge < -0.3 is 15.0 Å². The molecule has 1 aliphatic rings. The number of benzene rings is 1. The van der Waals surface area contributed by atoms with Crippen molar-refractivity contribution < 1.29 is 4.74 Å². The van der Waals surface area contributed by atoms with Crippen LogP contribution in [0.3, 0.4) is 0 Å². The lowest BCUT2D eigenvalue weighted by Gasteiger charge is -2.31. The molecule has 0 aliphatic carbocycles. The molecule has 0 aromatic heterocycles. The Morgan fingerprint density at radius 3 is 2.67 bits per heavy atom. The molecule has 118 valence electrons. The molecule has 1 aliphatic heterocycles. The van der Waals surface area contributed by atoms with Gasteiger partial charge in [-0.05, 0) is 85.5 Å². The van der Waals surface area contributed by atoms with Gasteiger partial charge in [-0.2, -0.15) is 0 Å². The first kappa shape index (κ1) is 16.8. The van der Waals surface area contributed by atoms with Crippen molar-refractivity contribution in [3.8, 4) is 5.75 Å². The number of nitrogens with one attached hydrogen (secondary N) is 1. The highest BCUT2D eigenvalue weighted by Gasteiger charge is 2.18. The molecule has 3 nitrogen and oxygen atoms in total. The van der Waals surface area contributed by atoms with Crippen LogP contribution in [-0.2, 0) is 0 Å². The minimum Gasteiger partial charge on any atom is -0.496 e. The number of likely N-dealkylation sites (tertiary alicyclic amines) is 1. The predicted molar refractivity (Wildman–Crippen MR) is 91.9 cm³/mol. The molecule has 1 atom stereocenters. The molecule has 0 spiro atoms. The van der Waals surface area contributed by atoms with E-state index in [1.54, 1.807) is 7.11 Å². The summed E-state index contributed by atoms with van der Waals surface area (Å²) in [5, 5.41) is 3.69. The van der Waals surface area contributed by atoms with E-state index in [0.717, 1.165) is 22.7 Å². The van der Waals surface area contributed by atoms with Crippen molar-refractivity contribution in [2.75, 3.05) is 33.3 Å². The summed E-state index contributed by atoms with van der Waals surface area (Å²) in [4.78, 5) is 2.54. The van der Waals surface area contributed by atoms with Gasteiger partial charge in [0.1, 0.15) is 5.75 Å². The second-order valence-corrected chi connectivity index (χ2v) is 6.76. The Kier molecular flexibility index (Phi) is 6.52. The number of ether oxygens (including phenoxy) is 1. The Morgan fingerprint density at radius 1 is 1.38 bits per heavy atom. The molecule has 0 bridgehead atoms. The van der Waals surface area contributed by atoms with E-state index >= 15 is 0 Å². The maximum absolute atomic E-state index is 5.28. The van der Waals surface area contributed by atoms with Gasteiger partial charge >= 0.3 is 0 Å². The normalized spacial score (nSPS) is 18.7. The van der Waals surface area contributed by atoms with Crippen molar-refractivity contribution >= 4 is 15.9 Å². The fourth-order valence-electron chi connectivity index (χ4n) is 2.92. The first-order valence-corrected chi connectivity index (χ1v) is 8.72. The van der Waals surface area contributed by atoms with E-state index in [1.165, 1.54) is 38.0 Å². The summed E-state index contributed by atoms with van der Waals surface area (Å²) in [6.07, 6.45) is 2.64. The van der Waals surface area contributed by atoms with E-state index in [-0.39, 0.29) is 0 Å². The van der Waals surface area contributed by atoms with Crippen molar-refractivity contribution in [2.24, 2.45) is 5.92 Å². The van der Waals surface area contributed by atoms with Crippen LogP contribution in [0.1, 0.15) is 38.3 Å². The third-order valence-electron chi connectivity index (χ3n) is 4.54. The van der Waals surface area contributed by atoms with Crippen LogP contribution in [0.15, 0.2) is 22.7 Å². The van der Waals surface area contributed by atoms with Crippen molar-refractivity contribution in [3.05, 3.63) is 28.2 Å². The van der Waals surface area contributed by atoms with Gasteiger partial charge in [-0.15, -0.1) is 0 Å². The number of halogens is 1. The molecule has 4 heteroatoms. The van der Waals surface area contributed by atoms with Crippen LogP contribution in [0.5, 0.6) is 5.75 Å². The van der Waals surface area contributed by atoms with Gasteiger partial charge in [0, 0.05) is 6.04 Å². The van der Waals surface area contributed by atoms with E-state index in [4.69, 9.17) is 4.74 Å². The lowest BCUT2D eigenvalue weighted by atomic mass is 9.96. The highest BCUT2D eigenvalue weighted by Crippen LogP contribution is 2.28. The molecule has 1 N–H and O–H groups in total. The number of methoxy groups -OCH3 is 1. The summed E-state index contributed by atoms with van der Waals surface area (Å²) < 4.78 is 6.30. The van der Waals surface area contributed by atoms with Crippen LogP contribution < -0.4 is 10.1 Å². The smallest absolute Gasteiger partial charge is 0.133 e. The second kappa shape index (κ2) is 8.16. The molecule has 1 aromatic rings. The molecule has 0 radical (unpaired) electrons. The molecular weight excluding hydrogens is 328 g/mol. The highest BCUT2D eigenvalue weighted by atomic mass is 79.9. The van der Waals surface area contributed by atoms with Gasteiger partial charge in [0.15, 0.2) is 0 Å². The second-order valence-electron chi connectivity index (χ2n) is 5.90. The monoisotopic (exact) mass is 354 g/mol. The number of hydrogen-bond donors (Lipinski definition) is 1. The SMILES string of the molecule is CCN1CCC(CNC(C)c2ccc(OC)c(Br)c2)CC1. The number of nitrogens with zero attached hydrogens (tertiary/aromatic N) is 1.